The first kappa shape index (κ1) is 10.1. The fraction of sp³-hybridized carbons (Fsp3) is 0.100. The number of aromatic nitrogens is 1. The number of carbonyl (C=O) groups is 1. The van der Waals surface area contributed by atoms with Crippen LogP contribution < -0.4 is 0 Å². The van der Waals surface area contributed by atoms with Crippen molar-refractivity contribution in [3.8, 4) is 0 Å². The van der Waals surface area contributed by atoms with Gasteiger partial charge in [-0.3, -0.25) is 4.79 Å². The molecule has 0 amide bonds. The Morgan fingerprint density at radius 1 is 1.38 bits per heavy atom. The number of fused-ring (bicyclic) bond motifs is 1. The number of hydrogen-bond acceptors (Lipinski definition) is 1. The Hall–Kier alpha value is -0.986. The van der Waals surface area contributed by atoms with Crippen LogP contribution in [0, 0.1) is 0 Å². The molecule has 0 aliphatic carbocycles. The van der Waals surface area contributed by atoms with Crippen LogP contribution in [0.15, 0.2) is 30.5 Å². The van der Waals surface area contributed by atoms with E-state index in [1.807, 2.05) is 24.3 Å². The van der Waals surface area contributed by atoms with Crippen molar-refractivity contribution >= 4 is 16.7 Å². The number of hydrogen-bond donors (Lipinski definition) is 1. The van der Waals surface area contributed by atoms with Crippen LogP contribution >= 0.6 is 0 Å². The average Bonchev–Trinajstić information content (AvgIpc) is 2.47. The third-order valence-electron chi connectivity index (χ3n) is 1.97. The number of nitrogens with one attached hydrogen (secondary N) is 1. The van der Waals surface area contributed by atoms with E-state index in [-0.39, 0.29) is 25.8 Å². The summed E-state index contributed by atoms with van der Waals surface area (Å²) in [5.41, 5.74) is 1.79. The number of H-pyrrole nitrogens is 1. The Kier molecular flexibility index (Phi) is 2.96. The molecule has 1 heterocycles. The molecule has 1 aromatic carbocycles. The number of carbonyl (C=O) groups excluding carboxylic acids is 1. The van der Waals surface area contributed by atoms with Crippen LogP contribution in [-0.2, 0) is 18.6 Å². The molecule has 0 unspecified atom stereocenters. The molecule has 2 rings (SSSR count). The molecule has 0 saturated carbocycles. The van der Waals surface area contributed by atoms with E-state index in [2.05, 4.69) is 4.98 Å². The third-order valence-corrected chi connectivity index (χ3v) is 1.97. The van der Waals surface area contributed by atoms with Gasteiger partial charge in [-0.05, 0) is 13.0 Å². The van der Waals surface area contributed by atoms with Crippen LogP contribution in [0.2, 0.25) is 0 Å². The van der Waals surface area contributed by atoms with Gasteiger partial charge >= 0.3 is 0 Å². The van der Waals surface area contributed by atoms with E-state index in [0.29, 0.717) is 0 Å². The molecule has 2 nitrogen and oxygen atoms in total. The quantitative estimate of drug-likeness (QED) is 0.724. The molecule has 0 spiro atoms. The standard InChI is InChI=1S/C10H9NO.V.H2/c1-7(12)9-6-11-10-5-3-2-4-8(9)10;;/h2-6,11H,1H3;;1H. The summed E-state index contributed by atoms with van der Waals surface area (Å²) in [4.78, 5) is 14.1. The summed E-state index contributed by atoms with van der Waals surface area (Å²) >= 11 is 0. The van der Waals surface area contributed by atoms with Crippen LogP contribution in [-0.4, -0.2) is 10.8 Å². The molecule has 13 heavy (non-hydrogen) atoms. The van der Waals surface area contributed by atoms with Gasteiger partial charge in [0, 0.05) is 42.6 Å². The first-order chi connectivity index (χ1) is 5.79. The normalized spacial score (nSPS) is 9.62. The molecule has 67 valence electrons. The minimum absolute atomic E-state index is 0. The van der Waals surface area contributed by atoms with Crippen LogP contribution in [0.3, 0.4) is 0 Å². The summed E-state index contributed by atoms with van der Waals surface area (Å²) in [5, 5.41) is 1.00. The van der Waals surface area contributed by atoms with Gasteiger partial charge in [0.05, 0.1) is 0 Å². The van der Waals surface area contributed by atoms with Crippen molar-refractivity contribution in [2.45, 2.75) is 6.92 Å². The molecule has 1 radical (unpaired) electrons. The first-order valence-corrected chi connectivity index (χ1v) is 3.86. The minimum Gasteiger partial charge on any atom is -0.360 e. The maximum Gasteiger partial charge on any atom is 0.161 e. The molecule has 0 bridgehead atoms. The van der Waals surface area contributed by atoms with E-state index in [4.69, 9.17) is 0 Å². The van der Waals surface area contributed by atoms with Crippen LogP contribution in [0.25, 0.3) is 10.9 Å². The monoisotopic (exact) mass is 212 g/mol. The maximum atomic E-state index is 11.1. The van der Waals surface area contributed by atoms with Crippen molar-refractivity contribution in [3.05, 3.63) is 36.0 Å². The summed E-state index contributed by atoms with van der Waals surface area (Å²) in [6.45, 7) is 1.58. The van der Waals surface area contributed by atoms with Gasteiger partial charge in [-0.1, -0.05) is 18.2 Å². The van der Waals surface area contributed by atoms with E-state index in [1.54, 1.807) is 13.1 Å². The van der Waals surface area contributed by atoms with Crippen LogP contribution in [0.1, 0.15) is 18.7 Å². The molecular formula is C10H11NOV. The van der Waals surface area contributed by atoms with Crippen molar-refractivity contribution in [2.75, 3.05) is 0 Å². The van der Waals surface area contributed by atoms with Gasteiger partial charge in [0.15, 0.2) is 5.78 Å². The van der Waals surface area contributed by atoms with Gasteiger partial charge in [-0.2, -0.15) is 0 Å². The summed E-state index contributed by atoms with van der Waals surface area (Å²) in [6.07, 6.45) is 1.76. The molecule has 0 aliphatic heterocycles. The van der Waals surface area contributed by atoms with Gasteiger partial charge in [0.25, 0.3) is 0 Å². The minimum atomic E-state index is 0. The maximum absolute atomic E-state index is 11.1. The number of Topliss-reactive ketones (excluding diaryl/α,β-unsaturated/α-hetero) is 1. The third kappa shape index (κ3) is 1.69. The van der Waals surface area contributed by atoms with Crippen molar-refractivity contribution in [3.63, 3.8) is 0 Å². The van der Waals surface area contributed by atoms with Gasteiger partial charge in [-0.15, -0.1) is 0 Å². The summed E-state index contributed by atoms with van der Waals surface area (Å²) in [5.74, 6) is 0.104. The molecule has 0 atom stereocenters. The van der Waals surface area contributed by atoms with Crippen molar-refractivity contribution in [2.24, 2.45) is 0 Å². The molecule has 0 fully saturated rings. The van der Waals surface area contributed by atoms with Crippen molar-refractivity contribution in [1.29, 1.82) is 0 Å². The predicted octanol–water partition coefficient (Wildman–Crippen LogP) is 2.61. The van der Waals surface area contributed by atoms with E-state index in [1.165, 1.54) is 0 Å². The van der Waals surface area contributed by atoms with Crippen LogP contribution in [0.5, 0.6) is 0 Å². The Morgan fingerprint density at radius 2 is 2.08 bits per heavy atom. The SMILES string of the molecule is CC(=O)c1c[nH]c2ccccc12.[HH].[V]. The molecule has 1 aromatic heterocycles. The van der Waals surface area contributed by atoms with E-state index in [0.717, 1.165) is 16.5 Å². The zero-order valence-electron chi connectivity index (χ0n) is 7.24. The predicted molar refractivity (Wildman–Crippen MR) is 50.4 cm³/mol. The Labute approximate surface area is 89.7 Å². The van der Waals surface area contributed by atoms with Crippen LogP contribution in [0.4, 0.5) is 0 Å². The number of para-hydroxylation sites is 1. The average molecular weight is 212 g/mol. The summed E-state index contributed by atoms with van der Waals surface area (Å²) < 4.78 is 0. The van der Waals surface area contributed by atoms with E-state index >= 15 is 0 Å². The fourth-order valence-corrected chi connectivity index (χ4v) is 1.36. The molecular weight excluding hydrogens is 201 g/mol. The molecule has 0 saturated heterocycles. The van der Waals surface area contributed by atoms with E-state index in [9.17, 15) is 4.79 Å². The summed E-state index contributed by atoms with van der Waals surface area (Å²) in [7, 11) is 0. The number of aromatic amines is 1. The Morgan fingerprint density at radius 3 is 2.77 bits per heavy atom. The van der Waals surface area contributed by atoms with E-state index < -0.39 is 0 Å². The largest absolute Gasteiger partial charge is 0.360 e. The van der Waals surface area contributed by atoms with Gasteiger partial charge < -0.3 is 4.98 Å². The molecule has 0 aliphatic rings. The number of benzene rings is 1. The molecule has 2 aromatic rings. The van der Waals surface area contributed by atoms with Crippen molar-refractivity contribution in [1.82, 2.24) is 4.98 Å². The number of rotatable bonds is 1. The molecule has 1 N–H and O–H groups in total. The second-order valence-electron chi connectivity index (χ2n) is 2.80. The topological polar surface area (TPSA) is 32.9 Å². The second-order valence-corrected chi connectivity index (χ2v) is 2.80. The smallest absolute Gasteiger partial charge is 0.161 e. The Balaban J connectivity index is 0.000000845. The van der Waals surface area contributed by atoms with Crippen molar-refractivity contribution < 1.29 is 24.8 Å². The zero-order valence-corrected chi connectivity index (χ0v) is 8.64. The van der Waals surface area contributed by atoms with Gasteiger partial charge in [0.1, 0.15) is 0 Å². The van der Waals surface area contributed by atoms with Gasteiger partial charge in [0.2, 0.25) is 0 Å². The first-order valence-electron chi connectivity index (χ1n) is 3.86. The molecule has 3 heteroatoms. The zero-order chi connectivity index (χ0) is 8.55. The Bertz CT molecular complexity index is 438. The summed E-state index contributed by atoms with van der Waals surface area (Å²) in [6, 6.07) is 7.79. The fourth-order valence-electron chi connectivity index (χ4n) is 1.36. The van der Waals surface area contributed by atoms with Gasteiger partial charge in [-0.25, -0.2) is 0 Å². The number of ketones is 1. The second kappa shape index (κ2) is 3.82.